The van der Waals surface area contributed by atoms with Gasteiger partial charge in [-0.15, -0.1) is 0 Å². The summed E-state index contributed by atoms with van der Waals surface area (Å²) >= 11 is 0. The van der Waals surface area contributed by atoms with Crippen LogP contribution in [-0.2, 0) is 28.7 Å². The third-order valence-electron chi connectivity index (χ3n) is 2.19. The highest BCUT2D eigenvalue weighted by molar-refractivity contribution is 6.17. The number of ketones is 2. The molecule has 0 unspecified atom stereocenters. The molecule has 0 amide bonds. The van der Waals surface area contributed by atoms with Crippen LogP contribution in [0, 0.1) is 5.92 Å². The fourth-order valence-electron chi connectivity index (χ4n) is 1.29. The van der Waals surface area contributed by atoms with Gasteiger partial charge >= 0.3 is 11.9 Å². The van der Waals surface area contributed by atoms with E-state index < -0.39 is 29.4 Å². The van der Waals surface area contributed by atoms with Gasteiger partial charge in [0, 0.05) is 0 Å². The quantitative estimate of drug-likeness (QED) is 0.295. The van der Waals surface area contributed by atoms with Crippen LogP contribution in [-0.4, -0.2) is 36.7 Å². The number of carbonyl (C=O) groups excluding carboxylic acids is 4. The van der Waals surface area contributed by atoms with E-state index in [-0.39, 0.29) is 18.8 Å². The van der Waals surface area contributed by atoms with Gasteiger partial charge in [-0.2, -0.15) is 0 Å². The van der Waals surface area contributed by atoms with Gasteiger partial charge in [-0.1, -0.05) is 0 Å². The number of rotatable bonds is 7. The van der Waals surface area contributed by atoms with Crippen LogP contribution in [0.4, 0.5) is 0 Å². The largest absolute Gasteiger partial charge is 0.465 e. The molecule has 0 spiro atoms. The van der Waals surface area contributed by atoms with Gasteiger partial charge < -0.3 is 9.47 Å². The lowest BCUT2D eigenvalue weighted by atomic mass is 10.00. The van der Waals surface area contributed by atoms with Crippen LogP contribution in [0.5, 0.6) is 0 Å². The van der Waals surface area contributed by atoms with Gasteiger partial charge in [0.15, 0.2) is 5.78 Å². The smallest absolute Gasteiger partial charge is 0.341 e. The lowest BCUT2D eigenvalue weighted by molar-refractivity contribution is -0.149. The zero-order valence-corrected chi connectivity index (χ0v) is 11.5. The summed E-state index contributed by atoms with van der Waals surface area (Å²) in [6.07, 6.45) is 1.00. The fraction of sp³-hybridized carbons (Fsp3) is 0.538. The zero-order chi connectivity index (χ0) is 15.0. The van der Waals surface area contributed by atoms with Crippen molar-refractivity contribution in [1.29, 1.82) is 0 Å². The maximum absolute atomic E-state index is 11.6. The summed E-state index contributed by atoms with van der Waals surface area (Å²) in [5.74, 6) is -4.01. The van der Waals surface area contributed by atoms with Crippen molar-refractivity contribution in [3.05, 3.63) is 11.6 Å². The Bertz CT molecular complexity index is 407. The van der Waals surface area contributed by atoms with Gasteiger partial charge in [-0.25, -0.2) is 4.79 Å². The van der Waals surface area contributed by atoms with Gasteiger partial charge in [0.05, 0.1) is 18.8 Å². The fourth-order valence-corrected chi connectivity index (χ4v) is 1.29. The molecule has 0 aliphatic carbocycles. The minimum absolute atomic E-state index is 0.0909. The van der Waals surface area contributed by atoms with Gasteiger partial charge in [-0.05, 0) is 33.8 Å². The molecular formula is C13H18O6. The number of ether oxygens (including phenoxy) is 2. The SMILES string of the molecule is CCOC(=O)/C(=C\[C@H](C(C)=O)C(=O)OCC)C(C)=O. The highest BCUT2D eigenvalue weighted by atomic mass is 16.5. The Kier molecular flexibility index (Phi) is 7.33. The number of carbonyl (C=O) groups is 4. The van der Waals surface area contributed by atoms with Crippen molar-refractivity contribution in [2.75, 3.05) is 13.2 Å². The van der Waals surface area contributed by atoms with E-state index in [4.69, 9.17) is 9.47 Å². The van der Waals surface area contributed by atoms with Gasteiger partial charge in [0.2, 0.25) is 0 Å². The molecule has 1 atom stereocenters. The molecule has 106 valence electrons. The predicted molar refractivity (Wildman–Crippen MR) is 66.2 cm³/mol. The first-order chi connectivity index (χ1) is 8.84. The normalized spacial score (nSPS) is 12.5. The molecule has 0 aliphatic heterocycles. The summed E-state index contributed by atoms with van der Waals surface area (Å²) in [5.41, 5.74) is -0.324. The van der Waals surface area contributed by atoms with Crippen molar-refractivity contribution in [2.45, 2.75) is 27.7 Å². The molecule has 0 bridgehead atoms. The van der Waals surface area contributed by atoms with E-state index in [0.717, 1.165) is 13.0 Å². The Morgan fingerprint density at radius 1 is 1.00 bits per heavy atom. The first-order valence-corrected chi connectivity index (χ1v) is 5.92. The average Bonchev–Trinajstić information content (AvgIpc) is 2.29. The second-order valence-corrected chi connectivity index (χ2v) is 3.70. The third-order valence-corrected chi connectivity index (χ3v) is 2.19. The summed E-state index contributed by atoms with van der Waals surface area (Å²) in [6.45, 7) is 5.71. The summed E-state index contributed by atoms with van der Waals surface area (Å²) in [6, 6.07) is 0. The van der Waals surface area contributed by atoms with E-state index in [1.165, 1.54) is 6.92 Å². The van der Waals surface area contributed by atoms with Crippen molar-refractivity contribution in [1.82, 2.24) is 0 Å². The molecule has 0 aliphatic rings. The topological polar surface area (TPSA) is 86.7 Å². The van der Waals surface area contributed by atoms with Crippen LogP contribution in [0.15, 0.2) is 11.6 Å². The first-order valence-electron chi connectivity index (χ1n) is 5.92. The monoisotopic (exact) mass is 270 g/mol. The summed E-state index contributed by atoms with van der Waals surface area (Å²) in [4.78, 5) is 45.9. The van der Waals surface area contributed by atoms with Gasteiger partial charge in [-0.3, -0.25) is 14.4 Å². The minimum Gasteiger partial charge on any atom is -0.465 e. The van der Waals surface area contributed by atoms with E-state index in [0.29, 0.717) is 0 Å². The van der Waals surface area contributed by atoms with Crippen LogP contribution in [0.3, 0.4) is 0 Å². The van der Waals surface area contributed by atoms with Gasteiger partial charge in [0.1, 0.15) is 11.7 Å². The Morgan fingerprint density at radius 3 is 1.89 bits per heavy atom. The minimum atomic E-state index is -1.27. The van der Waals surface area contributed by atoms with E-state index in [9.17, 15) is 19.2 Å². The maximum atomic E-state index is 11.6. The third kappa shape index (κ3) is 5.46. The van der Waals surface area contributed by atoms with E-state index in [1.54, 1.807) is 13.8 Å². The Balaban J connectivity index is 5.35. The van der Waals surface area contributed by atoms with Crippen LogP contribution < -0.4 is 0 Å². The number of Topliss-reactive ketones (excluding diaryl/α,β-unsaturated/α-hetero) is 2. The summed E-state index contributed by atoms with van der Waals surface area (Å²) in [7, 11) is 0. The standard InChI is InChI=1S/C13H18O6/c1-5-18-12(16)10(8(3)14)7-11(9(4)15)13(17)19-6-2/h7,10H,5-6H2,1-4H3/b11-7-/t10-/m1/s1. The molecule has 6 nitrogen and oxygen atoms in total. The number of hydrogen-bond acceptors (Lipinski definition) is 6. The lowest BCUT2D eigenvalue weighted by Gasteiger charge is -2.10. The van der Waals surface area contributed by atoms with Crippen molar-refractivity contribution in [2.24, 2.45) is 5.92 Å². The molecule has 0 saturated carbocycles. The number of esters is 2. The summed E-state index contributed by atoms with van der Waals surface area (Å²) in [5, 5.41) is 0. The molecule has 6 heteroatoms. The molecule has 0 rings (SSSR count). The van der Waals surface area contributed by atoms with Crippen molar-refractivity contribution in [3.63, 3.8) is 0 Å². The van der Waals surface area contributed by atoms with Crippen molar-refractivity contribution >= 4 is 23.5 Å². The Hall–Kier alpha value is -1.98. The Labute approximate surface area is 111 Å². The molecule has 0 aromatic heterocycles. The molecule has 0 radical (unpaired) electrons. The van der Waals surface area contributed by atoms with Crippen LogP contribution in [0.2, 0.25) is 0 Å². The van der Waals surface area contributed by atoms with Crippen molar-refractivity contribution < 1.29 is 28.7 Å². The van der Waals surface area contributed by atoms with Crippen LogP contribution in [0.25, 0.3) is 0 Å². The first kappa shape index (κ1) is 17.0. The molecule has 0 fully saturated rings. The average molecular weight is 270 g/mol. The van der Waals surface area contributed by atoms with E-state index in [1.807, 2.05) is 0 Å². The molecule has 0 aromatic carbocycles. The Morgan fingerprint density at radius 2 is 1.53 bits per heavy atom. The maximum Gasteiger partial charge on any atom is 0.341 e. The predicted octanol–water partition coefficient (Wildman–Crippen LogP) is 0.833. The summed E-state index contributed by atoms with van der Waals surface area (Å²) < 4.78 is 9.41. The van der Waals surface area contributed by atoms with E-state index in [2.05, 4.69) is 0 Å². The highest BCUT2D eigenvalue weighted by Crippen LogP contribution is 2.11. The number of hydrogen-bond donors (Lipinski definition) is 0. The molecule has 0 N–H and O–H groups in total. The molecule has 0 heterocycles. The molecular weight excluding hydrogens is 252 g/mol. The van der Waals surface area contributed by atoms with Crippen LogP contribution >= 0.6 is 0 Å². The molecule has 0 aromatic rings. The van der Waals surface area contributed by atoms with E-state index >= 15 is 0 Å². The van der Waals surface area contributed by atoms with Crippen molar-refractivity contribution in [3.8, 4) is 0 Å². The molecule has 19 heavy (non-hydrogen) atoms. The highest BCUT2D eigenvalue weighted by Gasteiger charge is 2.26. The zero-order valence-electron chi connectivity index (χ0n) is 11.5. The van der Waals surface area contributed by atoms with Crippen LogP contribution in [0.1, 0.15) is 27.7 Å². The lowest BCUT2D eigenvalue weighted by Crippen LogP contribution is -2.25. The second kappa shape index (κ2) is 8.18. The molecule has 0 saturated heterocycles. The second-order valence-electron chi connectivity index (χ2n) is 3.70. The van der Waals surface area contributed by atoms with Gasteiger partial charge in [0.25, 0.3) is 0 Å².